The SMILES string of the molecule is COCCN[C@@H]1CC(C(=O)NCCO)=C[C@H](Oc2c(I)cc(CO)cc2OC)[C@H]1O. The number of hydrogen-bond acceptors (Lipinski definition) is 8. The van der Waals surface area contributed by atoms with Gasteiger partial charge in [0.15, 0.2) is 11.5 Å². The van der Waals surface area contributed by atoms with Gasteiger partial charge in [-0.2, -0.15) is 0 Å². The van der Waals surface area contributed by atoms with Gasteiger partial charge in [-0.15, -0.1) is 0 Å². The third-order valence-corrected chi connectivity index (χ3v) is 5.48. The van der Waals surface area contributed by atoms with E-state index in [1.807, 2.05) is 0 Å². The Morgan fingerprint density at radius 1 is 1.27 bits per heavy atom. The van der Waals surface area contributed by atoms with Crippen LogP contribution in [0.2, 0.25) is 0 Å². The molecule has 0 unspecified atom stereocenters. The van der Waals surface area contributed by atoms with Crippen molar-refractivity contribution in [2.45, 2.75) is 31.3 Å². The summed E-state index contributed by atoms with van der Waals surface area (Å²) in [5.74, 6) is 0.524. The number of nitrogens with one attached hydrogen (secondary N) is 2. The lowest BCUT2D eigenvalue weighted by Gasteiger charge is -2.34. The number of aliphatic hydroxyl groups is 3. The average Bonchev–Trinajstić information content (AvgIpc) is 2.75. The molecule has 0 aliphatic heterocycles. The highest BCUT2D eigenvalue weighted by Crippen LogP contribution is 2.36. The molecule has 0 spiro atoms. The molecule has 0 saturated carbocycles. The van der Waals surface area contributed by atoms with Gasteiger partial charge in [0, 0.05) is 31.8 Å². The molecular weight excluding hydrogens is 507 g/mol. The third-order valence-electron chi connectivity index (χ3n) is 4.68. The molecule has 0 bridgehead atoms. The molecule has 10 heteroatoms. The van der Waals surface area contributed by atoms with Crippen LogP contribution < -0.4 is 20.1 Å². The second-order valence-corrected chi connectivity index (χ2v) is 7.93. The molecule has 30 heavy (non-hydrogen) atoms. The lowest BCUT2D eigenvalue weighted by Crippen LogP contribution is -2.52. The van der Waals surface area contributed by atoms with Gasteiger partial charge in [0.05, 0.1) is 30.5 Å². The molecule has 1 aromatic rings. The van der Waals surface area contributed by atoms with E-state index in [1.54, 1.807) is 25.3 Å². The molecule has 1 aliphatic carbocycles. The number of amides is 1. The van der Waals surface area contributed by atoms with Crippen LogP contribution in [-0.2, 0) is 16.1 Å². The summed E-state index contributed by atoms with van der Waals surface area (Å²) in [5, 5.41) is 35.1. The summed E-state index contributed by atoms with van der Waals surface area (Å²) < 4.78 is 17.3. The average molecular weight is 536 g/mol. The first kappa shape index (κ1) is 24.8. The van der Waals surface area contributed by atoms with Gasteiger partial charge in [-0.1, -0.05) is 0 Å². The first-order chi connectivity index (χ1) is 14.4. The van der Waals surface area contributed by atoms with E-state index in [1.165, 1.54) is 7.11 Å². The maximum atomic E-state index is 12.5. The van der Waals surface area contributed by atoms with Crippen molar-refractivity contribution in [1.29, 1.82) is 0 Å². The van der Waals surface area contributed by atoms with Crippen LogP contribution in [0.3, 0.4) is 0 Å². The largest absolute Gasteiger partial charge is 0.493 e. The minimum absolute atomic E-state index is 0.139. The van der Waals surface area contributed by atoms with Gasteiger partial charge in [-0.3, -0.25) is 4.79 Å². The summed E-state index contributed by atoms with van der Waals surface area (Å²) in [5.41, 5.74) is 1.13. The number of carbonyl (C=O) groups is 1. The molecule has 1 aliphatic rings. The highest BCUT2D eigenvalue weighted by molar-refractivity contribution is 14.1. The van der Waals surface area contributed by atoms with Crippen LogP contribution in [-0.4, -0.2) is 80.0 Å². The highest BCUT2D eigenvalue weighted by Gasteiger charge is 2.35. The van der Waals surface area contributed by atoms with Gasteiger partial charge in [0.1, 0.15) is 12.2 Å². The van der Waals surface area contributed by atoms with Crippen molar-refractivity contribution < 1.29 is 34.3 Å². The smallest absolute Gasteiger partial charge is 0.247 e. The summed E-state index contributed by atoms with van der Waals surface area (Å²) in [6.07, 6.45) is 0.173. The van der Waals surface area contributed by atoms with Crippen LogP contribution in [0.1, 0.15) is 12.0 Å². The van der Waals surface area contributed by atoms with E-state index in [4.69, 9.17) is 19.3 Å². The zero-order chi connectivity index (χ0) is 22.1. The predicted molar refractivity (Wildman–Crippen MR) is 119 cm³/mol. The van der Waals surface area contributed by atoms with Gasteiger partial charge >= 0.3 is 0 Å². The monoisotopic (exact) mass is 536 g/mol. The maximum absolute atomic E-state index is 12.5. The summed E-state index contributed by atoms with van der Waals surface area (Å²) >= 11 is 2.07. The molecule has 0 saturated heterocycles. The zero-order valence-electron chi connectivity index (χ0n) is 17.1. The Balaban J connectivity index is 2.31. The number of benzene rings is 1. The molecule has 0 radical (unpaired) electrons. The molecule has 168 valence electrons. The number of halogens is 1. The van der Waals surface area contributed by atoms with E-state index >= 15 is 0 Å². The number of hydrogen-bond donors (Lipinski definition) is 5. The van der Waals surface area contributed by atoms with Crippen molar-refractivity contribution in [3.63, 3.8) is 0 Å². The fourth-order valence-electron chi connectivity index (χ4n) is 3.16. The molecule has 1 aromatic carbocycles. The Morgan fingerprint density at radius 3 is 2.67 bits per heavy atom. The van der Waals surface area contributed by atoms with Crippen LogP contribution in [0.25, 0.3) is 0 Å². The molecule has 5 N–H and O–H groups in total. The van der Waals surface area contributed by atoms with Crippen LogP contribution in [0.5, 0.6) is 11.5 Å². The molecule has 2 rings (SSSR count). The van der Waals surface area contributed by atoms with E-state index in [-0.39, 0.29) is 25.7 Å². The van der Waals surface area contributed by atoms with E-state index in [0.29, 0.717) is 45.8 Å². The van der Waals surface area contributed by atoms with Crippen molar-refractivity contribution in [3.8, 4) is 11.5 Å². The Labute approximate surface area is 189 Å². The van der Waals surface area contributed by atoms with Crippen molar-refractivity contribution in [1.82, 2.24) is 10.6 Å². The Kier molecular flexibility index (Phi) is 10.3. The second-order valence-electron chi connectivity index (χ2n) is 6.77. The molecular formula is C20H29IN2O7. The third kappa shape index (κ3) is 6.53. The van der Waals surface area contributed by atoms with Crippen molar-refractivity contribution in [2.24, 2.45) is 0 Å². The quantitative estimate of drug-likeness (QED) is 0.197. The highest BCUT2D eigenvalue weighted by atomic mass is 127. The minimum Gasteiger partial charge on any atom is -0.493 e. The molecule has 9 nitrogen and oxygen atoms in total. The van der Waals surface area contributed by atoms with Gasteiger partial charge in [0.2, 0.25) is 5.91 Å². The van der Waals surface area contributed by atoms with E-state index in [0.717, 1.165) is 0 Å². The van der Waals surface area contributed by atoms with Crippen molar-refractivity contribution in [2.75, 3.05) is 40.5 Å². The summed E-state index contributed by atoms with van der Waals surface area (Å²) in [6, 6.07) is 3.01. The number of methoxy groups -OCH3 is 2. The lowest BCUT2D eigenvalue weighted by molar-refractivity contribution is -0.118. The first-order valence-corrected chi connectivity index (χ1v) is 10.7. The molecule has 0 aromatic heterocycles. The van der Waals surface area contributed by atoms with E-state index in [9.17, 15) is 15.0 Å². The van der Waals surface area contributed by atoms with Gasteiger partial charge < -0.3 is 40.2 Å². The van der Waals surface area contributed by atoms with Crippen LogP contribution in [0.4, 0.5) is 0 Å². The van der Waals surface area contributed by atoms with Crippen molar-refractivity contribution in [3.05, 3.63) is 32.9 Å². The molecule has 1 amide bonds. The number of rotatable bonds is 11. The number of aliphatic hydroxyl groups excluding tert-OH is 3. The Bertz CT molecular complexity index is 744. The summed E-state index contributed by atoms with van der Waals surface area (Å²) in [7, 11) is 3.08. The fourth-order valence-corrected chi connectivity index (χ4v) is 3.95. The van der Waals surface area contributed by atoms with Crippen LogP contribution >= 0.6 is 22.6 Å². The standard InChI is InChI=1S/C20H29IN2O7/c1-28-6-4-22-15-9-13(20(27)23-3-5-24)10-16(18(15)26)30-19-14(21)7-12(11-25)8-17(19)29-2/h7-8,10,15-16,18,22,24-26H,3-6,9,11H2,1-2H3,(H,23,27)/t15-,16+,18+/m1/s1. The fraction of sp³-hybridized carbons (Fsp3) is 0.550. The Morgan fingerprint density at radius 2 is 2.03 bits per heavy atom. The molecule has 0 fully saturated rings. The normalized spacial score (nSPS) is 21.1. The zero-order valence-corrected chi connectivity index (χ0v) is 19.2. The maximum Gasteiger partial charge on any atom is 0.247 e. The van der Waals surface area contributed by atoms with E-state index in [2.05, 4.69) is 33.2 Å². The molecule has 3 atom stereocenters. The predicted octanol–water partition coefficient (Wildman–Crippen LogP) is -0.0564. The van der Waals surface area contributed by atoms with Crippen LogP contribution in [0.15, 0.2) is 23.8 Å². The Hall–Kier alpha value is -1.44. The van der Waals surface area contributed by atoms with Crippen molar-refractivity contribution >= 4 is 28.5 Å². The van der Waals surface area contributed by atoms with Gasteiger partial charge in [-0.25, -0.2) is 0 Å². The first-order valence-electron chi connectivity index (χ1n) is 9.59. The lowest BCUT2D eigenvalue weighted by atomic mass is 9.89. The summed E-state index contributed by atoms with van der Waals surface area (Å²) in [4.78, 5) is 12.5. The van der Waals surface area contributed by atoms with Gasteiger partial charge in [0.25, 0.3) is 0 Å². The summed E-state index contributed by atoms with van der Waals surface area (Å²) in [6.45, 7) is 0.796. The molecule has 0 heterocycles. The number of ether oxygens (including phenoxy) is 3. The van der Waals surface area contributed by atoms with Crippen LogP contribution in [0, 0.1) is 3.57 Å². The topological polar surface area (TPSA) is 130 Å². The number of carbonyl (C=O) groups excluding carboxylic acids is 1. The van der Waals surface area contributed by atoms with Gasteiger partial charge in [-0.05, 0) is 52.8 Å². The van der Waals surface area contributed by atoms with E-state index < -0.39 is 18.2 Å². The minimum atomic E-state index is -0.922. The second kappa shape index (κ2) is 12.4.